The van der Waals surface area contributed by atoms with Gasteiger partial charge in [-0.3, -0.25) is 4.98 Å². The third-order valence-corrected chi connectivity index (χ3v) is 4.87. The van der Waals surface area contributed by atoms with Gasteiger partial charge in [0.05, 0.1) is 35.9 Å². The van der Waals surface area contributed by atoms with Gasteiger partial charge in [-0.25, -0.2) is 4.39 Å². The predicted octanol–water partition coefficient (Wildman–Crippen LogP) is 4.84. The topological polar surface area (TPSA) is 81.4 Å². The van der Waals surface area contributed by atoms with Crippen molar-refractivity contribution in [1.29, 1.82) is 0 Å². The van der Waals surface area contributed by atoms with Crippen molar-refractivity contribution in [3.63, 3.8) is 0 Å². The van der Waals surface area contributed by atoms with Crippen molar-refractivity contribution >= 4 is 17.2 Å². The quantitative estimate of drug-likeness (QED) is 0.465. The van der Waals surface area contributed by atoms with Crippen molar-refractivity contribution < 1.29 is 14.1 Å². The monoisotopic (exact) mass is 394 g/mol. The molecule has 29 heavy (non-hydrogen) atoms. The van der Waals surface area contributed by atoms with Crippen molar-refractivity contribution in [2.45, 2.75) is 19.8 Å². The van der Waals surface area contributed by atoms with E-state index in [1.165, 1.54) is 18.3 Å². The summed E-state index contributed by atoms with van der Waals surface area (Å²) in [5, 5.41) is 11.1. The Bertz CT molecular complexity index is 1090. The Morgan fingerprint density at radius 2 is 2.03 bits per heavy atom. The maximum atomic E-state index is 14.5. The molecule has 0 saturated carbocycles. The Kier molecular flexibility index (Phi) is 4.84. The number of nitro groups is 1. The Morgan fingerprint density at radius 1 is 1.21 bits per heavy atom. The largest absolute Gasteiger partial charge is 0.488 e. The fourth-order valence-corrected chi connectivity index (χ4v) is 3.31. The molecule has 8 heteroatoms. The average Bonchev–Trinajstić information content (AvgIpc) is 2.73. The molecule has 1 aromatic carbocycles. The molecule has 0 amide bonds. The van der Waals surface area contributed by atoms with E-state index >= 15 is 0 Å². The highest BCUT2D eigenvalue weighted by atomic mass is 19.1. The van der Waals surface area contributed by atoms with E-state index in [0.717, 1.165) is 5.56 Å². The van der Waals surface area contributed by atoms with Crippen LogP contribution in [0.4, 0.5) is 21.6 Å². The highest BCUT2D eigenvalue weighted by molar-refractivity contribution is 5.75. The van der Waals surface area contributed by atoms with Crippen LogP contribution in [0.5, 0.6) is 5.75 Å². The van der Waals surface area contributed by atoms with E-state index in [-0.39, 0.29) is 17.6 Å². The van der Waals surface area contributed by atoms with Gasteiger partial charge in [0, 0.05) is 11.6 Å². The first-order valence-corrected chi connectivity index (χ1v) is 9.24. The first kappa shape index (κ1) is 18.8. The minimum absolute atomic E-state index is 0.236. The molecular formula is C21H19FN4O3. The van der Waals surface area contributed by atoms with Gasteiger partial charge in [0.1, 0.15) is 18.6 Å². The highest BCUT2D eigenvalue weighted by Crippen LogP contribution is 2.39. The van der Waals surface area contributed by atoms with Crippen LogP contribution >= 0.6 is 0 Å². The Balaban J connectivity index is 1.80. The van der Waals surface area contributed by atoms with E-state index in [9.17, 15) is 14.5 Å². The molecule has 7 nitrogen and oxygen atoms in total. The summed E-state index contributed by atoms with van der Waals surface area (Å²) in [4.78, 5) is 20.6. The summed E-state index contributed by atoms with van der Waals surface area (Å²) in [5.74, 6) is 0.203. The number of pyridine rings is 2. The minimum atomic E-state index is -0.532. The zero-order valence-electron chi connectivity index (χ0n) is 16.0. The van der Waals surface area contributed by atoms with Crippen LogP contribution in [-0.2, 0) is 0 Å². The molecule has 1 aliphatic heterocycles. The van der Waals surface area contributed by atoms with E-state index in [1.54, 1.807) is 30.5 Å². The molecule has 148 valence electrons. The number of fused-ring (bicyclic) bond motifs is 1. The van der Waals surface area contributed by atoms with Crippen LogP contribution in [0.3, 0.4) is 0 Å². The van der Waals surface area contributed by atoms with Gasteiger partial charge in [0.15, 0.2) is 5.75 Å². The fourth-order valence-electron chi connectivity index (χ4n) is 3.31. The number of aromatic nitrogens is 2. The molecular weight excluding hydrogens is 375 g/mol. The number of hydrogen-bond acceptors (Lipinski definition) is 6. The summed E-state index contributed by atoms with van der Waals surface area (Å²) in [6.07, 6.45) is 2.96. The molecule has 0 spiro atoms. The average molecular weight is 394 g/mol. The number of anilines is 2. The second-order valence-electron chi connectivity index (χ2n) is 7.06. The summed E-state index contributed by atoms with van der Waals surface area (Å²) in [7, 11) is 0. The van der Waals surface area contributed by atoms with Crippen molar-refractivity contribution in [2.75, 3.05) is 18.1 Å². The van der Waals surface area contributed by atoms with E-state index in [4.69, 9.17) is 4.74 Å². The normalized spacial score (nSPS) is 13.2. The second kappa shape index (κ2) is 7.46. The maximum absolute atomic E-state index is 14.5. The second-order valence-corrected chi connectivity index (χ2v) is 7.06. The van der Waals surface area contributed by atoms with Crippen LogP contribution in [0.15, 0.2) is 48.8 Å². The van der Waals surface area contributed by atoms with Crippen LogP contribution in [0.25, 0.3) is 11.3 Å². The van der Waals surface area contributed by atoms with Crippen molar-refractivity contribution in [3.8, 4) is 17.0 Å². The first-order chi connectivity index (χ1) is 13.9. The van der Waals surface area contributed by atoms with Gasteiger partial charge >= 0.3 is 5.82 Å². The number of halogens is 1. The lowest BCUT2D eigenvalue weighted by atomic mass is 9.98. The molecule has 4 rings (SSSR count). The summed E-state index contributed by atoms with van der Waals surface area (Å²) in [5.41, 5.74) is 3.19. The summed E-state index contributed by atoms with van der Waals surface area (Å²) in [6.45, 7) is 4.99. The molecule has 0 N–H and O–H groups in total. The SMILES string of the molecule is CC(C)c1ccc(F)c(-c2cc3c(cn2)OCCN3c2ccnc([N+](=O)[O-])c2)c1. The lowest BCUT2D eigenvalue weighted by Gasteiger charge is -2.31. The molecule has 2 aromatic heterocycles. The van der Waals surface area contributed by atoms with Crippen LogP contribution in [0.2, 0.25) is 0 Å². The first-order valence-electron chi connectivity index (χ1n) is 9.24. The summed E-state index contributed by atoms with van der Waals surface area (Å²) in [6, 6.07) is 9.89. The number of hydrogen-bond donors (Lipinski definition) is 0. The minimum Gasteiger partial charge on any atom is -0.488 e. The van der Waals surface area contributed by atoms with Gasteiger partial charge in [-0.1, -0.05) is 19.9 Å². The van der Waals surface area contributed by atoms with Gasteiger partial charge in [-0.2, -0.15) is 0 Å². The van der Waals surface area contributed by atoms with Crippen molar-refractivity contribution in [1.82, 2.24) is 9.97 Å². The fraction of sp³-hybridized carbons (Fsp3) is 0.238. The number of ether oxygens (including phenoxy) is 1. The van der Waals surface area contributed by atoms with Gasteiger partial charge < -0.3 is 19.8 Å². The smallest absolute Gasteiger partial charge is 0.365 e. The van der Waals surface area contributed by atoms with Gasteiger partial charge in [-0.15, -0.1) is 0 Å². The predicted molar refractivity (Wildman–Crippen MR) is 107 cm³/mol. The Labute approximate surface area is 166 Å². The standard InChI is InChI=1S/C21H19FN4O3/c1-13(2)14-3-4-17(22)16(9-14)18-11-19-20(12-24-18)29-8-7-25(19)15-5-6-23-21(10-15)26(27)28/h3-6,9-13H,7-8H2,1-2H3. The molecule has 3 heterocycles. The van der Waals surface area contributed by atoms with Crippen LogP contribution in [0, 0.1) is 15.9 Å². The van der Waals surface area contributed by atoms with Gasteiger partial charge in [0.25, 0.3) is 0 Å². The zero-order valence-corrected chi connectivity index (χ0v) is 16.0. The summed E-state index contributed by atoms with van der Waals surface area (Å²) >= 11 is 0. The van der Waals surface area contributed by atoms with Crippen LogP contribution in [-0.4, -0.2) is 28.0 Å². The third kappa shape index (κ3) is 3.61. The molecule has 0 fully saturated rings. The molecule has 3 aromatic rings. The molecule has 0 bridgehead atoms. The zero-order chi connectivity index (χ0) is 20.5. The molecule has 0 saturated heterocycles. The number of nitrogens with zero attached hydrogens (tertiary/aromatic N) is 4. The molecule has 0 unspecified atom stereocenters. The lowest BCUT2D eigenvalue weighted by molar-refractivity contribution is -0.389. The molecule has 0 atom stereocenters. The highest BCUT2D eigenvalue weighted by Gasteiger charge is 2.23. The van der Waals surface area contributed by atoms with Crippen LogP contribution in [0.1, 0.15) is 25.3 Å². The number of benzene rings is 1. The van der Waals surface area contributed by atoms with Crippen molar-refractivity contribution in [2.24, 2.45) is 0 Å². The Hall–Kier alpha value is -3.55. The van der Waals surface area contributed by atoms with E-state index < -0.39 is 4.92 Å². The van der Waals surface area contributed by atoms with E-state index in [2.05, 4.69) is 9.97 Å². The van der Waals surface area contributed by atoms with Crippen molar-refractivity contribution in [3.05, 3.63) is 70.3 Å². The maximum Gasteiger partial charge on any atom is 0.365 e. The number of rotatable bonds is 4. The molecule has 1 aliphatic rings. The van der Waals surface area contributed by atoms with Crippen LogP contribution < -0.4 is 9.64 Å². The van der Waals surface area contributed by atoms with E-state index in [0.29, 0.717) is 41.5 Å². The lowest BCUT2D eigenvalue weighted by Crippen LogP contribution is -2.28. The van der Waals surface area contributed by atoms with Gasteiger partial charge in [0.2, 0.25) is 0 Å². The molecule has 0 aliphatic carbocycles. The van der Waals surface area contributed by atoms with E-state index in [1.807, 2.05) is 18.7 Å². The Morgan fingerprint density at radius 3 is 2.79 bits per heavy atom. The van der Waals surface area contributed by atoms with Gasteiger partial charge in [-0.05, 0) is 39.6 Å². The molecule has 0 radical (unpaired) electrons. The summed E-state index contributed by atoms with van der Waals surface area (Å²) < 4.78 is 20.2. The third-order valence-electron chi connectivity index (χ3n) is 4.87.